The molecule has 0 amide bonds. The Morgan fingerprint density at radius 3 is 2.83 bits per heavy atom. The molecule has 0 aliphatic rings. The van der Waals surface area contributed by atoms with Crippen LogP contribution in [0.1, 0.15) is 18.2 Å². The third-order valence-electron chi connectivity index (χ3n) is 1.64. The van der Waals surface area contributed by atoms with Crippen LogP contribution in [-0.2, 0) is 12.3 Å². The highest BCUT2D eigenvalue weighted by Crippen LogP contribution is 1.98. The van der Waals surface area contributed by atoms with Crippen LogP contribution in [0.3, 0.4) is 0 Å². The molecule has 0 N–H and O–H groups in total. The van der Waals surface area contributed by atoms with Gasteiger partial charge in [0.1, 0.15) is 0 Å². The van der Waals surface area contributed by atoms with Crippen LogP contribution in [0.5, 0.6) is 0 Å². The maximum absolute atomic E-state index is 11.4. The Balaban J connectivity index is 3.32. The van der Waals surface area contributed by atoms with Crippen molar-refractivity contribution in [2.45, 2.75) is 26.1 Å². The molecule has 0 saturated carbocycles. The molecule has 1 rings (SSSR count). The zero-order valence-electron chi connectivity index (χ0n) is 7.24. The number of nitrogens with zero attached hydrogens (tertiary/aromatic N) is 2. The number of rotatable bonds is 2. The van der Waals surface area contributed by atoms with E-state index in [-0.39, 0.29) is 5.56 Å². The molecule has 0 aliphatic carbocycles. The lowest BCUT2D eigenvalue weighted by atomic mass is 10.3. The molecule has 0 radical (unpaired) electrons. The van der Waals surface area contributed by atoms with Gasteiger partial charge in [0.25, 0.3) is 5.56 Å². The van der Waals surface area contributed by atoms with Crippen molar-refractivity contribution in [1.82, 2.24) is 9.78 Å². The second-order valence-electron chi connectivity index (χ2n) is 2.59. The van der Waals surface area contributed by atoms with Gasteiger partial charge in [0.2, 0.25) is 0 Å². The highest BCUT2D eigenvalue weighted by Gasteiger charge is 2.02. The molecule has 1 heterocycles. The summed E-state index contributed by atoms with van der Waals surface area (Å²) in [4.78, 5) is 11.4. The first-order chi connectivity index (χ1) is 5.69. The van der Waals surface area contributed by atoms with E-state index in [0.29, 0.717) is 17.9 Å². The van der Waals surface area contributed by atoms with E-state index >= 15 is 0 Å². The average Bonchev–Trinajstić information content (AvgIpc) is 2.08. The second-order valence-corrected chi connectivity index (χ2v) is 2.91. The Labute approximate surface area is 76.8 Å². The molecule has 3 nitrogen and oxygen atoms in total. The van der Waals surface area contributed by atoms with Crippen molar-refractivity contribution in [3.63, 3.8) is 0 Å². The van der Waals surface area contributed by atoms with Gasteiger partial charge in [-0.3, -0.25) is 4.79 Å². The zero-order chi connectivity index (χ0) is 9.14. The van der Waals surface area contributed by atoms with Crippen molar-refractivity contribution in [1.29, 1.82) is 0 Å². The fraction of sp³-hybridized carbons (Fsp3) is 0.500. The van der Waals surface area contributed by atoms with Gasteiger partial charge in [-0.2, -0.15) is 17.7 Å². The van der Waals surface area contributed by atoms with E-state index in [1.165, 1.54) is 4.68 Å². The molecule has 12 heavy (non-hydrogen) atoms. The Hall–Kier alpha value is -0.770. The van der Waals surface area contributed by atoms with Crippen LogP contribution < -0.4 is 5.56 Å². The van der Waals surface area contributed by atoms with Crippen molar-refractivity contribution >= 4 is 12.6 Å². The Morgan fingerprint density at radius 1 is 1.67 bits per heavy atom. The summed E-state index contributed by atoms with van der Waals surface area (Å²) in [6.07, 6.45) is 0. The second kappa shape index (κ2) is 3.76. The maximum Gasteiger partial charge on any atom is 0.270 e. The Kier molecular flexibility index (Phi) is 2.92. The molecular weight excluding hydrogens is 172 g/mol. The summed E-state index contributed by atoms with van der Waals surface area (Å²) < 4.78 is 1.46. The SMILES string of the molecule is CCn1nc(C)cc(CS)c1=O. The van der Waals surface area contributed by atoms with Gasteiger partial charge in [-0.25, -0.2) is 4.68 Å². The summed E-state index contributed by atoms with van der Waals surface area (Å²) in [5.74, 6) is 0.474. The minimum atomic E-state index is -0.0295. The standard InChI is InChI=1S/C8H12N2OS/c1-3-10-8(11)7(5-12)4-6(2)9-10/h4,12H,3,5H2,1-2H3. The van der Waals surface area contributed by atoms with Gasteiger partial charge in [-0.15, -0.1) is 0 Å². The predicted octanol–water partition coefficient (Wildman–Crippen LogP) is 1.00. The maximum atomic E-state index is 11.4. The van der Waals surface area contributed by atoms with Gasteiger partial charge in [-0.1, -0.05) is 0 Å². The summed E-state index contributed by atoms with van der Waals surface area (Å²) in [6, 6.07) is 1.78. The fourth-order valence-electron chi connectivity index (χ4n) is 1.07. The van der Waals surface area contributed by atoms with E-state index in [9.17, 15) is 4.79 Å². The summed E-state index contributed by atoms with van der Waals surface area (Å²) in [7, 11) is 0. The lowest BCUT2D eigenvalue weighted by Crippen LogP contribution is -2.25. The van der Waals surface area contributed by atoms with Crippen LogP contribution in [0.4, 0.5) is 0 Å². The first-order valence-electron chi connectivity index (χ1n) is 3.87. The molecule has 0 saturated heterocycles. The van der Waals surface area contributed by atoms with Gasteiger partial charge in [0.05, 0.1) is 5.69 Å². The van der Waals surface area contributed by atoms with Crippen molar-refractivity contribution < 1.29 is 0 Å². The summed E-state index contributed by atoms with van der Waals surface area (Å²) in [6.45, 7) is 4.38. The quantitative estimate of drug-likeness (QED) is 0.696. The molecular formula is C8H12N2OS. The first-order valence-corrected chi connectivity index (χ1v) is 4.50. The number of aromatic nitrogens is 2. The Bertz CT molecular complexity index is 304. The number of hydrogen-bond donors (Lipinski definition) is 1. The molecule has 1 aromatic rings. The van der Waals surface area contributed by atoms with Crippen LogP contribution >= 0.6 is 12.6 Å². The monoisotopic (exact) mass is 184 g/mol. The lowest BCUT2D eigenvalue weighted by molar-refractivity contribution is 0.601. The number of hydrogen-bond acceptors (Lipinski definition) is 3. The highest BCUT2D eigenvalue weighted by molar-refractivity contribution is 7.79. The summed E-state index contributed by atoms with van der Waals surface area (Å²) in [5, 5.41) is 4.07. The highest BCUT2D eigenvalue weighted by atomic mass is 32.1. The fourth-order valence-corrected chi connectivity index (χ4v) is 1.30. The molecule has 0 spiro atoms. The van der Waals surface area contributed by atoms with E-state index in [0.717, 1.165) is 5.69 Å². The van der Waals surface area contributed by atoms with Crippen LogP contribution in [0, 0.1) is 6.92 Å². The lowest BCUT2D eigenvalue weighted by Gasteiger charge is -2.03. The van der Waals surface area contributed by atoms with Crippen molar-refractivity contribution in [3.8, 4) is 0 Å². The first kappa shape index (κ1) is 9.32. The van der Waals surface area contributed by atoms with Gasteiger partial charge in [0.15, 0.2) is 0 Å². The molecule has 0 aliphatic heterocycles. The van der Waals surface area contributed by atoms with Crippen LogP contribution in [0.25, 0.3) is 0 Å². The average molecular weight is 184 g/mol. The van der Waals surface area contributed by atoms with E-state index in [4.69, 9.17) is 0 Å². The van der Waals surface area contributed by atoms with E-state index in [1.807, 2.05) is 13.8 Å². The van der Waals surface area contributed by atoms with Crippen LogP contribution in [-0.4, -0.2) is 9.78 Å². The predicted molar refractivity (Wildman–Crippen MR) is 51.6 cm³/mol. The van der Waals surface area contributed by atoms with Gasteiger partial charge >= 0.3 is 0 Å². The third kappa shape index (κ3) is 1.69. The Morgan fingerprint density at radius 2 is 2.33 bits per heavy atom. The third-order valence-corrected chi connectivity index (χ3v) is 1.98. The summed E-state index contributed by atoms with van der Waals surface area (Å²) in [5.41, 5.74) is 1.55. The molecule has 0 unspecified atom stereocenters. The van der Waals surface area contributed by atoms with Gasteiger partial charge < -0.3 is 0 Å². The largest absolute Gasteiger partial charge is 0.270 e. The minimum absolute atomic E-state index is 0.0295. The topological polar surface area (TPSA) is 34.9 Å². The van der Waals surface area contributed by atoms with Crippen LogP contribution in [0.15, 0.2) is 10.9 Å². The molecule has 66 valence electrons. The van der Waals surface area contributed by atoms with Crippen LogP contribution in [0.2, 0.25) is 0 Å². The van der Waals surface area contributed by atoms with Crippen molar-refractivity contribution in [3.05, 3.63) is 27.7 Å². The van der Waals surface area contributed by atoms with Crippen molar-refractivity contribution in [2.24, 2.45) is 0 Å². The van der Waals surface area contributed by atoms with E-state index in [1.54, 1.807) is 6.07 Å². The molecule has 0 atom stereocenters. The van der Waals surface area contributed by atoms with Crippen molar-refractivity contribution in [2.75, 3.05) is 0 Å². The molecule has 4 heteroatoms. The zero-order valence-corrected chi connectivity index (χ0v) is 8.14. The normalized spacial score (nSPS) is 10.2. The molecule has 0 bridgehead atoms. The van der Waals surface area contributed by atoms with E-state index in [2.05, 4.69) is 17.7 Å². The smallest absolute Gasteiger partial charge is 0.267 e. The molecule has 0 aromatic carbocycles. The van der Waals surface area contributed by atoms with Gasteiger partial charge in [0, 0.05) is 17.9 Å². The molecule has 0 fully saturated rings. The molecule has 1 aromatic heterocycles. The summed E-state index contributed by atoms with van der Waals surface area (Å²) >= 11 is 4.07. The minimum Gasteiger partial charge on any atom is -0.267 e. The van der Waals surface area contributed by atoms with E-state index < -0.39 is 0 Å². The number of aryl methyl sites for hydroxylation is 2. The van der Waals surface area contributed by atoms with Gasteiger partial charge in [-0.05, 0) is 19.9 Å². The number of thiol groups is 1.